The average molecular weight is 478 g/mol. The molecule has 4 rings (SSSR count). The zero-order chi connectivity index (χ0) is 23.5. The number of thioether (sulfide) groups is 1. The Morgan fingerprint density at radius 3 is 2.67 bits per heavy atom. The lowest BCUT2D eigenvalue weighted by Gasteiger charge is -2.15. The van der Waals surface area contributed by atoms with Crippen molar-refractivity contribution in [3.63, 3.8) is 0 Å². The molecule has 0 aliphatic rings. The lowest BCUT2D eigenvalue weighted by molar-refractivity contribution is -0.113. The number of carbonyl (C=O) groups is 1. The lowest BCUT2D eigenvalue weighted by atomic mass is 10.0. The van der Waals surface area contributed by atoms with Crippen molar-refractivity contribution in [2.75, 3.05) is 11.1 Å². The normalized spacial score (nSPS) is 11.3. The van der Waals surface area contributed by atoms with Crippen molar-refractivity contribution in [3.05, 3.63) is 86.5 Å². The topological polar surface area (TPSA) is 64.0 Å². The SMILES string of the molecule is Cc1ccc(Cn2c(SCC(=O)Nc3ccccc3C(C)C)nc3ccsc3c2=O)cc1C. The highest BCUT2D eigenvalue weighted by atomic mass is 32.2. The van der Waals surface area contributed by atoms with Crippen LogP contribution in [0.25, 0.3) is 10.2 Å². The first kappa shape index (κ1) is 23.3. The third kappa shape index (κ3) is 5.20. The predicted molar refractivity (Wildman–Crippen MR) is 139 cm³/mol. The molecule has 1 N–H and O–H groups in total. The maximum absolute atomic E-state index is 13.2. The number of amides is 1. The van der Waals surface area contributed by atoms with Gasteiger partial charge in [0.15, 0.2) is 5.16 Å². The van der Waals surface area contributed by atoms with Gasteiger partial charge in [-0.15, -0.1) is 11.3 Å². The van der Waals surface area contributed by atoms with Gasteiger partial charge in [0.2, 0.25) is 5.91 Å². The molecular formula is C26H27N3O2S2. The van der Waals surface area contributed by atoms with Gasteiger partial charge in [0.1, 0.15) is 4.70 Å². The molecular weight excluding hydrogens is 450 g/mol. The first-order valence-corrected chi connectivity index (χ1v) is 12.8. The maximum atomic E-state index is 13.2. The molecule has 0 unspecified atom stereocenters. The van der Waals surface area contributed by atoms with Crippen LogP contribution in [-0.4, -0.2) is 21.2 Å². The van der Waals surface area contributed by atoms with Gasteiger partial charge in [-0.05, 0) is 59.5 Å². The number of aromatic nitrogens is 2. The Kier molecular flexibility index (Phi) is 7.00. The van der Waals surface area contributed by atoms with Crippen molar-refractivity contribution in [1.29, 1.82) is 0 Å². The van der Waals surface area contributed by atoms with Crippen molar-refractivity contribution in [3.8, 4) is 0 Å². The van der Waals surface area contributed by atoms with Gasteiger partial charge in [-0.3, -0.25) is 14.2 Å². The highest BCUT2D eigenvalue weighted by Gasteiger charge is 2.16. The number of anilines is 1. The summed E-state index contributed by atoms with van der Waals surface area (Å²) in [6.45, 7) is 8.76. The van der Waals surface area contributed by atoms with Crippen LogP contribution in [0, 0.1) is 13.8 Å². The smallest absolute Gasteiger partial charge is 0.272 e. The highest BCUT2D eigenvalue weighted by molar-refractivity contribution is 7.99. The minimum absolute atomic E-state index is 0.0683. The van der Waals surface area contributed by atoms with Crippen molar-refractivity contribution in [2.24, 2.45) is 0 Å². The van der Waals surface area contributed by atoms with Crippen molar-refractivity contribution in [1.82, 2.24) is 9.55 Å². The van der Waals surface area contributed by atoms with E-state index in [1.807, 2.05) is 41.8 Å². The number of aryl methyl sites for hydroxylation is 2. The maximum Gasteiger partial charge on any atom is 0.272 e. The number of nitrogens with zero attached hydrogens (tertiary/aromatic N) is 2. The van der Waals surface area contributed by atoms with Gasteiger partial charge in [0, 0.05) is 5.69 Å². The number of para-hydroxylation sites is 1. The minimum atomic E-state index is -0.120. The van der Waals surface area contributed by atoms with Crippen LogP contribution in [0.5, 0.6) is 0 Å². The summed E-state index contributed by atoms with van der Waals surface area (Å²) >= 11 is 2.69. The van der Waals surface area contributed by atoms with Crippen molar-refractivity contribution < 1.29 is 4.79 Å². The summed E-state index contributed by atoms with van der Waals surface area (Å²) in [5.41, 5.74) is 5.96. The quantitative estimate of drug-likeness (QED) is 0.263. The third-order valence-corrected chi connectivity index (χ3v) is 7.50. The summed E-state index contributed by atoms with van der Waals surface area (Å²) in [4.78, 5) is 30.7. The Morgan fingerprint density at radius 1 is 1.12 bits per heavy atom. The summed E-state index contributed by atoms with van der Waals surface area (Å²) < 4.78 is 2.32. The number of carbonyl (C=O) groups excluding carboxylic acids is 1. The lowest BCUT2D eigenvalue weighted by Crippen LogP contribution is -2.24. The van der Waals surface area contributed by atoms with E-state index in [4.69, 9.17) is 4.98 Å². The van der Waals surface area contributed by atoms with Crippen LogP contribution < -0.4 is 10.9 Å². The van der Waals surface area contributed by atoms with E-state index in [1.165, 1.54) is 34.2 Å². The second-order valence-electron chi connectivity index (χ2n) is 8.42. The van der Waals surface area contributed by atoms with E-state index in [1.54, 1.807) is 4.57 Å². The highest BCUT2D eigenvalue weighted by Crippen LogP contribution is 2.25. The second-order valence-corrected chi connectivity index (χ2v) is 10.3. The molecule has 0 fully saturated rings. The van der Waals surface area contributed by atoms with Crippen molar-refractivity contribution in [2.45, 2.75) is 45.3 Å². The fourth-order valence-corrected chi connectivity index (χ4v) is 5.27. The third-order valence-electron chi connectivity index (χ3n) is 5.63. The van der Waals surface area contributed by atoms with E-state index < -0.39 is 0 Å². The average Bonchev–Trinajstić information content (AvgIpc) is 3.26. The number of nitrogens with one attached hydrogen (secondary N) is 1. The van der Waals surface area contributed by atoms with Gasteiger partial charge in [-0.2, -0.15) is 0 Å². The number of thiophene rings is 1. The first-order chi connectivity index (χ1) is 15.8. The first-order valence-electron chi connectivity index (χ1n) is 10.9. The fraction of sp³-hybridized carbons (Fsp3) is 0.269. The van der Waals surface area contributed by atoms with E-state index in [9.17, 15) is 9.59 Å². The van der Waals surface area contributed by atoms with E-state index in [2.05, 4.69) is 45.1 Å². The Labute approximate surface area is 201 Å². The summed E-state index contributed by atoms with van der Waals surface area (Å²) in [5, 5.41) is 5.45. The fourth-order valence-electron chi connectivity index (χ4n) is 3.69. The monoisotopic (exact) mass is 477 g/mol. The van der Waals surface area contributed by atoms with Gasteiger partial charge >= 0.3 is 0 Å². The molecule has 0 atom stereocenters. The van der Waals surface area contributed by atoms with Crippen LogP contribution in [0.15, 0.2) is 63.9 Å². The molecule has 1 amide bonds. The Morgan fingerprint density at radius 2 is 1.91 bits per heavy atom. The number of benzene rings is 2. The van der Waals surface area contributed by atoms with Gasteiger partial charge in [-0.1, -0.05) is 62.0 Å². The molecule has 0 saturated heterocycles. The zero-order valence-corrected chi connectivity index (χ0v) is 20.8. The van der Waals surface area contributed by atoms with E-state index in [0.29, 0.717) is 27.8 Å². The van der Waals surface area contributed by atoms with Crippen LogP contribution in [0.4, 0.5) is 5.69 Å². The van der Waals surface area contributed by atoms with E-state index >= 15 is 0 Å². The molecule has 2 aromatic heterocycles. The van der Waals surface area contributed by atoms with Gasteiger partial charge in [0.05, 0.1) is 17.8 Å². The van der Waals surface area contributed by atoms with Gasteiger partial charge < -0.3 is 5.32 Å². The van der Waals surface area contributed by atoms with Gasteiger partial charge in [-0.25, -0.2) is 4.98 Å². The van der Waals surface area contributed by atoms with E-state index in [0.717, 1.165) is 16.8 Å². The van der Waals surface area contributed by atoms with Crippen LogP contribution >= 0.6 is 23.1 Å². The number of rotatable bonds is 7. The minimum Gasteiger partial charge on any atom is -0.325 e. The summed E-state index contributed by atoms with van der Waals surface area (Å²) in [5.74, 6) is 0.354. The summed E-state index contributed by atoms with van der Waals surface area (Å²) in [6.07, 6.45) is 0. The zero-order valence-electron chi connectivity index (χ0n) is 19.2. The second kappa shape index (κ2) is 9.93. The molecule has 0 spiro atoms. The number of hydrogen-bond donors (Lipinski definition) is 1. The summed E-state index contributed by atoms with van der Waals surface area (Å²) in [6, 6.07) is 15.9. The molecule has 5 nitrogen and oxygen atoms in total. The molecule has 0 saturated carbocycles. The molecule has 170 valence electrons. The molecule has 0 aliphatic carbocycles. The van der Waals surface area contributed by atoms with Crippen LogP contribution in [0.3, 0.4) is 0 Å². The van der Waals surface area contributed by atoms with Crippen LogP contribution in [-0.2, 0) is 11.3 Å². The Hall–Kier alpha value is -2.90. The van der Waals surface area contributed by atoms with Gasteiger partial charge in [0.25, 0.3) is 5.56 Å². The number of fused-ring (bicyclic) bond motifs is 1. The van der Waals surface area contributed by atoms with E-state index in [-0.39, 0.29) is 17.2 Å². The molecule has 0 radical (unpaired) electrons. The van der Waals surface area contributed by atoms with Crippen molar-refractivity contribution >= 4 is 44.9 Å². The molecule has 2 heterocycles. The molecule has 0 aliphatic heterocycles. The molecule has 2 aromatic carbocycles. The molecule has 0 bridgehead atoms. The van der Waals surface area contributed by atoms with Crippen LogP contribution in [0.2, 0.25) is 0 Å². The standard InChI is InChI=1S/C26H27N3O2S2/c1-16(2)20-7-5-6-8-21(20)27-23(30)15-33-26-28-22-11-12-32-24(22)25(31)29(26)14-19-10-9-17(3)18(4)13-19/h5-13,16H,14-15H2,1-4H3,(H,27,30). The molecule has 33 heavy (non-hydrogen) atoms. The van der Waals surface area contributed by atoms with Crippen LogP contribution in [0.1, 0.15) is 42.0 Å². The Bertz CT molecular complexity index is 1370. The molecule has 7 heteroatoms. The predicted octanol–water partition coefficient (Wildman–Crippen LogP) is 5.98. The molecule has 4 aromatic rings. The summed E-state index contributed by atoms with van der Waals surface area (Å²) in [7, 11) is 0. The largest absolute Gasteiger partial charge is 0.325 e. The number of hydrogen-bond acceptors (Lipinski definition) is 5. The Balaban J connectivity index is 1.59.